The lowest BCUT2D eigenvalue weighted by Gasteiger charge is -2.25. The van der Waals surface area contributed by atoms with E-state index < -0.39 is 0 Å². The number of nitrogens with zero attached hydrogens (tertiary/aromatic N) is 2. The third-order valence-corrected chi connectivity index (χ3v) is 7.27. The lowest BCUT2D eigenvalue weighted by atomic mass is 10.0. The Kier molecular flexibility index (Phi) is 7.51. The first-order chi connectivity index (χ1) is 16.4. The molecular weight excluding hydrogens is 488 g/mol. The van der Waals surface area contributed by atoms with Crippen LogP contribution in [0, 0.1) is 0 Å². The number of hydrogen-bond donors (Lipinski definition) is 2. The molecule has 8 nitrogen and oxygen atoms in total. The Labute approximate surface area is 214 Å². The van der Waals surface area contributed by atoms with Gasteiger partial charge in [-0.2, -0.15) is 0 Å². The molecule has 2 aromatic rings. The summed E-state index contributed by atoms with van der Waals surface area (Å²) >= 11 is 0.977. The summed E-state index contributed by atoms with van der Waals surface area (Å²) in [6, 6.07) is 7.59. The first kappa shape index (κ1) is 25.2. The molecule has 35 heavy (non-hydrogen) atoms. The highest BCUT2D eigenvalue weighted by Gasteiger charge is 2.36. The van der Waals surface area contributed by atoms with E-state index in [0.717, 1.165) is 78.3 Å². The molecule has 0 saturated carbocycles. The van der Waals surface area contributed by atoms with Crippen LogP contribution in [0.15, 0.2) is 40.9 Å². The number of anilines is 1. The van der Waals surface area contributed by atoms with Gasteiger partial charge in [0.2, 0.25) is 0 Å². The Hall–Kier alpha value is -2.85. The van der Waals surface area contributed by atoms with Crippen LogP contribution in [0.2, 0.25) is 0 Å². The van der Waals surface area contributed by atoms with Crippen molar-refractivity contribution in [2.75, 3.05) is 31.6 Å². The fourth-order valence-corrected chi connectivity index (χ4v) is 5.14. The molecule has 0 aliphatic carbocycles. The fraction of sp³-hybridized carbons (Fsp3) is 0.320. The second-order valence-corrected chi connectivity index (χ2v) is 9.79. The van der Waals surface area contributed by atoms with E-state index >= 15 is 0 Å². The average molecular weight is 515 g/mol. The Morgan fingerprint density at radius 2 is 1.86 bits per heavy atom. The summed E-state index contributed by atoms with van der Waals surface area (Å²) in [6.45, 7) is 7.99. The number of aromatic amines is 1. The Balaban J connectivity index is 0.00000289. The monoisotopic (exact) mass is 514 g/mol. The highest BCUT2D eigenvalue weighted by atomic mass is 35.5. The van der Waals surface area contributed by atoms with Crippen LogP contribution in [-0.2, 0) is 27.4 Å². The van der Waals surface area contributed by atoms with Crippen LogP contribution < -0.4 is 5.32 Å². The molecule has 2 fully saturated rings. The van der Waals surface area contributed by atoms with Crippen LogP contribution in [0.5, 0.6) is 0 Å². The Morgan fingerprint density at radius 3 is 2.57 bits per heavy atom. The van der Waals surface area contributed by atoms with E-state index in [1.54, 1.807) is 0 Å². The maximum absolute atomic E-state index is 12.7. The molecule has 10 heteroatoms. The summed E-state index contributed by atoms with van der Waals surface area (Å²) in [4.78, 5) is 45.0. The van der Waals surface area contributed by atoms with Gasteiger partial charge >= 0.3 is 0 Å². The second-order valence-electron chi connectivity index (χ2n) is 8.83. The van der Waals surface area contributed by atoms with Crippen molar-refractivity contribution in [1.29, 1.82) is 0 Å². The molecule has 0 bridgehead atoms. The van der Waals surface area contributed by atoms with Crippen LogP contribution in [0.1, 0.15) is 36.2 Å². The molecule has 1 aromatic heterocycles. The minimum atomic E-state index is -0.272. The Morgan fingerprint density at radius 1 is 1.09 bits per heavy atom. The molecule has 184 valence electrons. The van der Waals surface area contributed by atoms with Gasteiger partial charge in [0.05, 0.1) is 30.2 Å². The lowest BCUT2D eigenvalue weighted by molar-refractivity contribution is -0.123. The minimum absolute atomic E-state index is 0. The van der Waals surface area contributed by atoms with Gasteiger partial charge in [-0.25, -0.2) is 0 Å². The average Bonchev–Trinajstić information content (AvgIpc) is 3.47. The molecule has 3 amide bonds. The van der Waals surface area contributed by atoms with Crippen molar-refractivity contribution >= 4 is 58.6 Å². The van der Waals surface area contributed by atoms with E-state index in [2.05, 4.69) is 21.3 Å². The molecule has 1 aromatic carbocycles. The zero-order valence-electron chi connectivity index (χ0n) is 19.6. The number of aromatic nitrogens is 1. The number of hydrogen-bond acceptors (Lipinski definition) is 6. The van der Waals surface area contributed by atoms with Crippen molar-refractivity contribution in [3.63, 3.8) is 0 Å². The molecular formula is C25H27ClN4O4S. The summed E-state index contributed by atoms with van der Waals surface area (Å²) in [5, 5.41) is 2.63. The molecule has 2 saturated heterocycles. The fourth-order valence-electron chi connectivity index (χ4n) is 4.31. The number of allylic oxidation sites excluding steroid dienone is 1. The van der Waals surface area contributed by atoms with E-state index in [1.807, 2.05) is 44.3 Å². The molecule has 3 aliphatic heterocycles. The van der Waals surface area contributed by atoms with Crippen LogP contribution >= 0.6 is 24.2 Å². The topological polar surface area (TPSA) is 94.7 Å². The van der Waals surface area contributed by atoms with E-state index in [1.165, 1.54) is 4.90 Å². The first-order valence-corrected chi connectivity index (χ1v) is 12.1. The van der Waals surface area contributed by atoms with E-state index in [9.17, 15) is 14.4 Å². The number of fused-ring (bicyclic) bond motifs is 1. The van der Waals surface area contributed by atoms with Crippen LogP contribution in [0.4, 0.5) is 10.5 Å². The van der Waals surface area contributed by atoms with Crippen molar-refractivity contribution in [1.82, 2.24) is 14.8 Å². The SMILES string of the molecule is CC(C)=C1SC(=O)N(Cc2ccc3c(c2)/C(=C/c2cc(CN4CCOCC4)c[nH]2)C(=O)N3)C1=O.Cl. The van der Waals surface area contributed by atoms with Gasteiger partial charge in [-0.05, 0) is 61.0 Å². The number of morpholine rings is 1. The molecule has 0 radical (unpaired) electrons. The number of rotatable bonds is 5. The number of amides is 3. The zero-order valence-corrected chi connectivity index (χ0v) is 21.2. The maximum atomic E-state index is 12.7. The van der Waals surface area contributed by atoms with Crippen LogP contribution in [0.3, 0.4) is 0 Å². The van der Waals surface area contributed by atoms with E-state index in [0.29, 0.717) is 10.5 Å². The molecule has 2 N–H and O–H groups in total. The van der Waals surface area contributed by atoms with Crippen molar-refractivity contribution in [3.05, 3.63) is 63.3 Å². The van der Waals surface area contributed by atoms with Gasteiger partial charge in [-0.1, -0.05) is 11.6 Å². The van der Waals surface area contributed by atoms with Crippen molar-refractivity contribution in [2.24, 2.45) is 0 Å². The van der Waals surface area contributed by atoms with Gasteiger partial charge in [-0.15, -0.1) is 12.4 Å². The predicted octanol–water partition coefficient (Wildman–Crippen LogP) is 4.25. The normalized spacial score (nSPS) is 19.3. The smallest absolute Gasteiger partial charge is 0.293 e. The lowest BCUT2D eigenvalue weighted by Crippen LogP contribution is -2.35. The molecule has 3 aliphatic rings. The van der Waals surface area contributed by atoms with E-state index in [-0.39, 0.29) is 36.0 Å². The first-order valence-electron chi connectivity index (χ1n) is 11.2. The van der Waals surface area contributed by atoms with Gasteiger partial charge in [-0.3, -0.25) is 24.2 Å². The summed E-state index contributed by atoms with van der Waals surface area (Å²) in [7, 11) is 0. The summed E-state index contributed by atoms with van der Waals surface area (Å²) < 4.78 is 5.41. The molecule has 4 heterocycles. The number of halogens is 1. The quantitative estimate of drug-likeness (QED) is 0.579. The Bertz CT molecular complexity index is 1240. The third-order valence-electron chi connectivity index (χ3n) is 6.09. The van der Waals surface area contributed by atoms with Crippen molar-refractivity contribution in [2.45, 2.75) is 26.9 Å². The number of thioether (sulfide) groups is 1. The third kappa shape index (κ3) is 5.23. The van der Waals surface area contributed by atoms with Gasteiger partial charge in [0.25, 0.3) is 17.1 Å². The molecule has 0 atom stereocenters. The number of benzene rings is 1. The summed E-state index contributed by atoms with van der Waals surface area (Å²) in [5.41, 5.74) is 5.66. The van der Waals surface area contributed by atoms with Gasteiger partial charge in [0.15, 0.2) is 0 Å². The zero-order chi connectivity index (χ0) is 23.8. The maximum Gasteiger partial charge on any atom is 0.293 e. The summed E-state index contributed by atoms with van der Waals surface area (Å²) in [5.74, 6) is -0.438. The van der Waals surface area contributed by atoms with E-state index in [4.69, 9.17) is 4.74 Å². The highest BCUT2D eigenvalue weighted by Crippen LogP contribution is 2.37. The second kappa shape index (κ2) is 10.4. The van der Waals surface area contributed by atoms with Gasteiger partial charge < -0.3 is 15.0 Å². The predicted molar refractivity (Wildman–Crippen MR) is 139 cm³/mol. The standard InChI is InChI=1S/C25H26N4O4S.ClH/c1-15(2)22-24(31)29(25(32)34-22)14-16-3-4-21-19(10-16)20(23(30)27-21)11-18-9-17(12-26-18)13-28-5-7-33-8-6-28;/h3-4,9-12,26H,5-8,13-14H2,1-2H3,(H,27,30);1H/b20-11-;. The van der Waals surface area contributed by atoms with Gasteiger partial charge in [0.1, 0.15) is 0 Å². The van der Waals surface area contributed by atoms with Crippen molar-refractivity contribution in [3.8, 4) is 0 Å². The summed E-state index contributed by atoms with van der Waals surface area (Å²) in [6.07, 6.45) is 3.81. The minimum Gasteiger partial charge on any atom is -0.379 e. The number of H-pyrrole nitrogens is 1. The van der Waals surface area contributed by atoms with Crippen molar-refractivity contribution < 1.29 is 19.1 Å². The van der Waals surface area contributed by atoms with Gasteiger partial charge in [0, 0.05) is 42.8 Å². The molecule has 0 unspecified atom stereocenters. The number of imide groups is 1. The number of carbonyl (C=O) groups is 3. The number of ether oxygens (including phenoxy) is 1. The highest BCUT2D eigenvalue weighted by molar-refractivity contribution is 8.18. The number of carbonyl (C=O) groups excluding carboxylic acids is 3. The largest absolute Gasteiger partial charge is 0.379 e. The molecule has 5 rings (SSSR count). The van der Waals surface area contributed by atoms with Crippen LogP contribution in [-0.4, -0.2) is 58.1 Å². The number of nitrogens with one attached hydrogen (secondary N) is 2. The van der Waals surface area contributed by atoms with Crippen LogP contribution in [0.25, 0.3) is 11.6 Å². The molecule has 0 spiro atoms.